The third-order valence-electron chi connectivity index (χ3n) is 3.55. The second-order valence-corrected chi connectivity index (χ2v) is 6.59. The lowest BCUT2D eigenvalue weighted by atomic mass is 10.2. The van der Waals surface area contributed by atoms with Crippen molar-refractivity contribution in [1.29, 1.82) is 0 Å². The molecule has 0 aliphatic carbocycles. The van der Waals surface area contributed by atoms with E-state index in [1.807, 2.05) is 30.3 Å². The summed E-state index contributed by atoms with van der Waals surface area (Å²) in [5.41, 5.74) is 1.08. The lowest BCUT2D eigenvalue weighted by Gasteiger charge is -2.16. The highest BCUT2D eigenvalue weighted by Gasteiger charge is 2.26. The van der Waals surface area contributed by atoms with Crippen molar-refractivity contribution in [2.75, 3.05) is 11.9 Å². The number of nitrogens with zero attached hydrogens (tertiary/aromatic N) is 2. The number of amides is 1. The van der Waals surface area contributed by atoms with Gasteiger partial charge in [-0.3, -0.25) is 9.69 Å². The first-order chi connectivity index (χ1) is 12.0. The van der Waals surface area contributed by atoms with E-state index in [-0.39, 0.29) is 16.3 Å². The molecule has 1 N–H and O–H groups in total. The Bertz CT molecular complexity index is 941. The molecule has 3 aromatic rings. The van der Waals surface area contributed by atoms with Gasteiger partial charge in [0.1, 0.15) is 5.01 Å². The van der Waals surface area contributed by atoms with E-state index in [1.165, 1.54) is 11.9 Å². The topological polar surface area (TPSA) is 70.5 Å². The Morgan fingerprint density at radius 1 is 1.08 bits per heavy atom. The minimum absolute atomic E-state index is 0.00163. The molecule has 0 fully saturated rings. The minimum Gasteiger partial charge on any atom is -0.477 e. The first-order valence-corrected chi connectivity index (χ1v) is 8.50. The van der Waals surface area contributed by atoms with E-state index >= 15 is 0 Å². The number of benzene rings is 2. The smallest absolute Gasteiger partial charge is 0.349 e. The van der Waals surface area contributed by atoms with Crippen molar-refractivity contribution in [3.63, 3.8) is 0 Å². The van der Waals surface area contributed by atoms with Gasteiger partial charge in [-0.2, -0.15) is 0 Å². The standard InChI is InChI=1S/C18H13ClN2O3S/c1-21(17(22)12-9-5-6-10-13(12)19)15-14(18(23)24)25-16(20-15)11-7-3-2-4-8-11/h2-10H,1H3,(H,23,24). The SMILES string of the molecule is CN(C(=O)c1ccccc1Cl)c1nc(-c2ccccc2)sc1C(=O)O. The molecule has 5 nitrogen and oxygen atoms in total. The van der Waals surface area contributed by atoms with E-state index in [2.05, 4.69) is 4.98 Å². The quantitative estimate of drug-likeness (QED) is 0.735. The number of aromatic nitrogens is 1. The molecule has 0 aliphatic rings. The van der Waals surface area contributed by atoms with E-state index in [1.54, 1.807) is 24.3 Å². The summed E-state index contributed by atoms with van der Waals surface area (Å²) in [5, 5.41) is 10.3. The summed E-state index contributed by atoms with van der Waals surface area (Å²) in [6.45, 7) is 0. The fourth-order valence-corrected chi connectivity index (χ4v) is 3.45. The molecule has 0 radical (unpaired) electrons. The van der Waals surface area contributed by atoms with Crippen molar-refractivity contribution in [1.82, 2.24) is 4.98 Å². The van der Waals surface area contributed by atoms with Crippen LogP contribution in [0, 0.1) is 0 Å². The summed E-state index contributed by atoms with van der Waals surface area (Å²) in [6, 6.07) is 15.8. The van der Waals surface area contributed by atoms with Crippen molar-refractivity contribution >= 4 is 40.6 Å². The number of hydrogen-bond acceptors (Lipinski definition) is 4. The molecular weight excluding hydrogens is 360 g/mol. The Morgan fingerprint density at radius 3 is 2.36 bits per heavy atom. The average molecular weight is 373 g/mol. The number of carboxylic acid groups (broad SMARTS) is 1. The van der Waals surface area contributed by atoms with Crippen LogP contribution in [0.25, 0.3) is 10.6 Å². The number of carboxylic acids is 1. The van der Waals surface area contributed by atoms with Crippen molar-refractivity contribution in [3.05, 3.63) is 70.1 Å². The van der Waals surface area contributed by atoms with Crippen molar-refractivity contribution in [2.45, 2.75) is 0 Å². The molecule has 3 rings (SSSR count). The van der Waals surface area contributed by atoms with Crippen LogP contribution in [0.2, 0.25) is 5.02 Å². The van der Waals surface area contributed by atoms with E-state index in [0.29, 0.717) is 10.0 Å². The van der Waals surface area contributed by atoms with Gasteiger partial charge < -0.3 is 5.11 Å². The highest BCUT2D eigenvalue weighted by Crippen LogP contribution is 2.33. The Hall–Kier alpha value is -2.70. The highest BCUT2D eigenvalue weighted by molar-refractivity contribution is 7.17. The number of anilines is 1. The van der Waals surface area contributed by atoms with Gasteiger partial charge in [-0.25, -0.2) is 9.78 Å². The third kappa shape index (κ3) is 3.40. The maximum absolute atomic E-state index is 12.7. The molecular formula is C18H13ClN2O3S. The van der Waals surface area contributed by atoms with Gasteiger partial charge in [0.05, 0.1) is 10.6 Å². The number of thiazole rings is 1. The molecule has 0 saturated carbocycles. The van der Waals surface area contributed by atoms with Crippen LogP contribution in [0.15, 0.2) is 54.6 Å². The summed E-state index contributed by atoms with van der Waals surface area (Å²) >= 11 is 7.10. The van der Waals surface area contributed by atoms with Crippen molar-refractivity contribution < 1.29 is 14.7 Å². The van der Waals surface area contributed by atoms with Crippen LogP contribution >= 0.6 is 22.9 Å². The molecule has 0 aliphatic heterocycles. The summed E-state index contributed by atoms with van der Waals surface area (Å²) in [5.74, 6) is -1.45. The average Bonchev–Trinajstić information content (AvgIpc) is 3.07. The van der Waals surface area contributed by atoms with E-state index < -0.39 is 11.9 Å². The zero-order valence-corrected chi connectivity index (χ0v) is 14.7. The zero-order valence-electron chi connectivity index (χ0n) is 13.1. The number of rotatable bonds is 4. The van der Waals surface area contributed by atoms with Crippen LogP contribution in [0.4, 0.5) is 5.82 Å². The fraction of sp³-hybridized carbons (Fsp3) is 0.0556. The van der Waals surface area contributed by atoms with Gasteiger partial charge in [-0.05, 0) is 12.1 Å². The first kappa shape index (κ1) is 17.1. The van der Waals surface area contributed by atoms with Gasteiger partial charge in [-0.1, -0.05) is 54.1 Å². The van der Waals surface area contributed by atoms with Crippen LogP contribution in [0.1, 0.15) is 20.0 Å². The van der Waals surface area contributed by atoms with E-state index in [4.69, 9.17) is 11.6 Å². The Labute approximate surface area is 153 Å². The van der Waals surface area contributed by atoms with Crippen LogP contribution < -0.4 is 4.90 Å². The fourth-order valence-electron chi connectivity index (χ4n) is 2.29. The minimum atomic E-state index is -1.13. The predicted octanol–water partition coefficient (Wildman–Crippen LogP) is 4.44. The van der Waals surface area contributed by atoms with Crippen LogP contribution in [-0.2, 0) is 0 Å². The zero-order chi connectivity index (χ0) is 18.0. The van der Waals surface area contributed by atoms with Gasteiger partial charge in [0.25, 0.3) is 5.91 Å². The molecule has 1 amide bonds. The molecule has 1 heterocycles. The first-order valence-electron chi connectivity index (χ1n) is 7.31. The predicted molar refractivity (Wildman–Crippen MR) is 98.7 cm³/mol. The maximum atomic E-state index is 12.7. The van der Waals surface area contributed by atoms with Crippen LogP contribution in [0.5, 0.6) is 0 Å². The number of hydrogen-bond donors (Lipinski definition) is 1. The molecule has 0 spiro atoms. The van der Waals surface area contributed by atoms with Gasteiger partial charge in [0.15, 0.2) is 10.7 Å². The third-order valence-corrected chi connectivity index (χ3v) is 4.96. The molecule has 0 unspecified atom stereocenters. The molecule has 0 bridgehead atoms. The van der Waals surface area contributed by atoms with E-state index in [9.17, 15) is 14.7 Å². The Morgan fingerprint density at radius 2 is 1.72 bits per heavy atom. The number of halogens is 1. The molecule has 25 heavy (non-hydrogen) atoms. The maximum Gasteiger partial charge on any atom is 0.349 e. The summed E-state index contributed by atoms with van der Waals surface area (Å²) in [6.07, 6.45) is 0. The van der Waals surface area contributed by atoms with Gasteiger partial charge in [0.2, 0.25) is 0 Å². The summed E-state index contributed by atoms with van der Waals surface area (Å²) in [7, 11) is 1.49. The second kappa shape index (κ2) is 7.04. The molecule has 7 heteroatoms. The Kier molecular flexibility index (Phi) is 4.83. The van der Waals surface area contributed by atoms with Crippen LogP contribution in [0.3, 0.4) is 0 Å². The second-order valence-electron chi connectivity index (χ2n) is 5.19. The van der Waals surface area contributed by atoms with Crippen molar-refractivity contribution in [3.8, 4) is 10.6 Å². The molecule has 0 atom stereocenters. The lowest BCUT2D eigenvalue weighted by Crippen LogP contribution is -2.28. The molecule has 0 saturated heterocycles. The van der Waals surface area contributed by atoms with Gasteiger partial charge in [-0.15, -0.1) is 11.3 Å². The van der Waals surface area contributed by atoms with Gasteiger partial charge in [0, 0.05) is 12.6 Å². The lowest BCUT2D eigenvalue weighted by molar-refractivity contribution is 0.0702. The number of carbonyl (C=O) groups is 2. The Balaban J connectivity index is 2.04. The molecule has 2 aromatic carbocycles. The highest BCUT2D eigenvalue weighted by atomic mass is 35.5. The van der Waals surface area contributed by atoms with E-state index in [0.717, 1.165) is 16.9 Å². The molecule has 1 aromatic heterocycles. The van der Waals surface area contributed by atoms with Crippen LogP contribution in [-0.4, -0.2) is 29.0 Å². The molecule has 126 valence electrons. The number of carbonyl (C=O) groups excluding carboxylic acids is 1. The normalized spacial score (nSPS) is 10.5. The number of aromatic carboxylic acids is 1. The summed E-state index contributed by atoms with van der Waals surface area (Å²) < 4.78 is 0. The van der Waals surface area contributed by atoms with Crippen molar-refractivity contribution in [2.24, 2.45) is 0 Å². The van der Waals surface area contributed by atoms with Gasteiger partial charge >= 0.3 is 5.97 Å². The summed E-state index contributed by atoms with van der Waals surface area (Å²) in [4.78, 5) is 29.9. The largest absolute Gasteiger partial charge is 0.477 e. The monoisotopic (exact) mass is 372 g/mol.